The summed E-state index contributed by atoms with van der Waals surface area (Å²) in [5, 5.41) is 2.74. The van der Waals surface area contributed by atoms with Gasteiger partial charge in [-0.1, -0.05) is 32.3 Å². The van der Waals surface area contributed by atoms with Crippen LogP contribution in [-0.4, -0.2) is 17.5 Å². The highest BCUT2D eigenvalue weighted by Gasteiger charge is 2.14. The number of benzene rings is 1. The summed E-state index contributed by atoms with van der Waals surface area (Å²) in [6.45, 7) is 4.34. The van der Waals surface area contributed by atoms with Crippen molar-refractivity contribution in [2.75, 3.05) is 17.7 Å². The summed E-state index contributed by atoms with van der Waals surface area (Å²) in [5.74, 6) is -0.555. The minimum atomic E-state index is -0.674. The number of amides is 1. The zero-order valence-corrected chi connectivity index (χ0v) is 14.6. The maximum Gasteiger partial charge on any atom is 0.259 e. The summed E-state index contributed by atoms with van der Waals surface area (Å²) in [6.07, 6.45) is 4.53. The van der Waals surface area contributed by atoms with Gasteiger partial charge in [-0.2, -0.15) is 4.39 Å². The molecule has 2 rings (SSSR count). The second-order valence-electron chi connectivity index (χ2n) is 5.92. The van der Waals surface area contributed by atoms with Crippen molar-refractivity contribution in [2.24, 2.45) is 0 Å². The van der Waals surface area contributed by atoms with E-state index in [0.717, 1.165) is 12.8 Å². The SMILES string of the molecule is CCCCCCOc1cccc(NC(=O)c2cc(C)c(F)nc2N)c1. The minimum absolute atomic E-state index is 0.135. The number of nitrogens with one attached hydrogen (secondary N) is 1. The minimum Gasteiger partial charge on any atom is -0.494 e. The van der Waals surface area contributed by atoms with Gasteiger partial charge in [0.05, 0.1) is 12.2 Å². The van der Waals surface area contributed by atoms with Gasteiger partial charge < -0.3 is 15.8 Å². The molecule has 0 radical (unpaired) electrons. The fourth-order valence-electron chi connectivity index (χ4n) is 2.37. The summed E-state index contributed by atoms with van der Waals surface area (Å²) in [7, 11) is 0. The highest BCUT2D eigenvalue weighted by Crippen LogP contribution is 2.20. The second kappa shape index (κ2) is 9.01. The van der Waals surface area contributed by atoms with Gasteiger partial charge >= 0.3 is 0 Å². The molecule has 6 heteroatoms. The second-order valence-corrected chi connectivity index (χ2v) is 5.92. The first kappa shape index (κ1) is 18.7. The lowest BCUT2D eigenvalue weighted by Gasteiger charge is -2.10. The number of ether oxygens (including phenoxy) is 1. The number of nitrogens with zero attached hydrogens (tertiary/aromatic N) is 1. The zero-order chi connectivity index (χ0) is 18.2. The average molecular weight is 345 g/mol. The van der Waals surface area contributed by atoms with Gasteiger partial charge in [-0.05, 0) is 31.5 Å². The fourth-order valence-corrected chi connectivity index (χ4v) is 2.37. The van der Waals surface area contributed by atoms with E-state index in [1.54, 1.807) is 18.2 Å². The van der Waals surface area contributed by atoms with Crippen LogP contribution < -0.4 is 15.8 Å². The number of aryl methyl sites for hydroxylation is 1. The maximum atomic E-state index is 13.4. The van der Waals surface area contributed by atoms with Crippen molar-refractivity contribution in [3.8, 4) is 5.75 Å². The van der Waals surface area contributed by atoms with Crippen molar-refractivity contribution >= 4 is 17.4 Å². The van der Waals surface area contributed by atoms with E-state index >= 15 is 0 Å². The number of rotatable bonds is 8. The normalized spacial score (nSPS) is 10.5. The molecule has 0 spiro atoms. The third kappa shape index (κ3) is 5.45. The van der Waals surface area contributed by atoms with E-state index in [0.29, 0.717) is 18.0 Å². The molecule has 0 aliphatic rings. The molecule has 1 aromatic carbocycles. The van der Waals surface area contributed by atoms with E-state index in [2.05, 4.69) is 17.2 Å². The molecule has 0 saturated carbocycles. The monoisotopic (exact) mass is 345 g/mol. The molecule has 0 fully saturated rings. The molecule has 0 unspecified atom stereocenters. The molecule has 0 aliphatic heterocycles. The summed E-state index contributed by atoms with van der Waals surface area (Å²) in [5.41, 5.74) is 6.64. The number of nitrogen functional groups attached to an aromatic ring is 1. The fraction of sp³-hybridized carbons (Fsp3) is 0.368. The van der Waals surface area contributed by atoms with Crippen LogP contribution in [0.3, 0.4) is 0 Å². The lowest BCUT2D eigenvalue weighted by Crippen LogP contribution is -2.16. The zero-order valence-electron chi connectivity index (χ0n) is 14.6. The van der Waals surface area contributed by atoms with E-state index in [9.17, 15) is 9.18 Å². The smallest absolute Gasteiger partial charge is 0.259 e. The van der Waals surface area contributed by atoms with Gasteiger partial charge in [-0.15, -0.1) is 0 Å². The maximum absolute atomic E-state index is 13.4. The number of carbonyl (C=O) groups excluding carboxylic acids is 1. The Morgan fingerprint density at radius 2 is 2.08 bits per heavy atom. The Bertz CT molecular complexity index is 735. The van der Waals surface area contributed by atoms with Gasteiger partial charge in [0.15, 0.2) is 0 Å². The van der Waals surface area contributed by atoms with Crippen LogP contribution in [0, 0.1) is 12.9 Å². The molecule has 134 valence electrons. The molecule has 2 aromatic rings. The summed E-state index contributed by atoms with van der Waals surface area (Å²) < 4.78 is 19.1. The molecule has 0 aliphatic carbocycles. The molecule has 1 heterocycles. The molecule has 1 aromatic heterocycles. The Hall–Kier alpha value is -2.63. The van der Waals surface area contributed by atoms with Crippen molar-refractivity contribution in [3.05, 3.63) is 47.4 Å². The van der Waals surface area contributed by atoms with Crippen LogP contribution in [0.1, 0.15) is 48.5 Å². The molecule has 1 amide bonds. The molecule has 0 saturated heterocycles. The number of unbranched alkanes of at least 4 members (excludes halogenated alkanes) is 3. The molecule has 5 nitrogen and oxygen atoms in total. The van der Waals surface area contributed by atoms with E-state index in [1.807, 2.05) is 6.07 Å². The Morgan fingerprint density at radius 1 is 1.28 bits per heavy atom. The quantitative estimate of drug-likeness (QED) is 0.552. The van der Waals surface area contributed by atoms with Crippen LogP contribution in [-0.2, 0) is 0 Å². The van der Waals surface area contributed by atoms with E-state index in [1.165, 1.54) is 25.8 Å². The summed E-state index contributed by atoms with van der Waals surface area (Å²) in [4.78, 5) is 15.9. The first-order chi connectivity index (χ1) is 12.0. The van der Waals surface area contributed by atoms with Gasteiger partial charge in [-0.25, -0.2) is 4.98 Å². The lowest BCUT2D eigenvalue weighted by atomic mass is 10.1. The molecule has 25 heavy (non-hydrogen) atoms. The number of hydrogen-bond donors (Lipinski definition) is 2. The van der Waals surface area contributed by atoms with E-state index in [-0.39, 0.29) is 16.9 Å². The molecule has 3 N–H and O–H groups in total. The van der Waals surface area contributed by atoms with Crippen molar-refractivity contribution < 1.29 is 13.9 Å². The number of pyridine rings is 1. The van der Waals surface area contributed by atoms with Crippen LogP contribution in [0.5, 0.6) is 5.75 Å². The first-order valence-electron chi connectivity index (χ1n) is 8.48. The highest BCUT2D eigenvalue weighted by molar-refractivity contribution is 6.07. The van der Waals surface area contributed by atoms with Crippen molar-refractivity contribution in [1.82, 2.24) is 4.98 Å². The number of anilines is 2. The lowest BCUT2D eigenvalue weighted by molar-refractivity contribution is 0.102. The molecule has 0 bridgehead atoms. The number of carbonyl (C=O) groups is 1. The van der Waals surface area contributed by atoms with E-state index < -0.39 is 11.9 Å². The van der Waals surface area contributed by atoms with Gasteiger partial charge in [-0.3, -0.25) is 4.79 Å². The number of nitrogens with two attached hydrogens (primary N) is 1. The predicted octanol–water partition coefficient (Wildman–Crippen LogP) is 4.32. The standard InChI is InChI=1S/C19H24FN3O2/c1-3-4-5-6-10-25-15-9-7-8-14(12-15)22-19(24)16-11-13(2)17(20)23-18(16)21/h7-9,11-12H,3-6,10H2,1-2H3,(H2,21,23)(H,22,24). The van der Waals surface area contributed by atoms with Crippen LogP contribution in [0.4, 0.5) is 15.9 Å². The molecule has 0 atom stereocenters. The summed E-state index contributed by atoms with van der Waals surface area (Å²) >= 11 is 0. The van der Waals surface area contributed by atoms with Crippen LogP contribution in [0.2, 0.25) is 0 Å². The topological polar surface area (TPSA) is 77.2 Å². The first-order valence-corrected chi connectivity index (χ1v) is 8.48. The molecular formula is C19H24FN3O2. The third-order valence-corrected chi connectivity index (χ3v) is 3.78. The number of halogens is 1. The average Bonchev–Trinajstić information content (AvgIpc) is 2.58. The van der Waals surface area contributed by atoms with Crippen molar-refractivity contribution in [2.45, 2.75) is 39.5 Å². The van der Waals surface area contributed by atoms with Gasteiger partial charge in [0.1, 0.15) is 11.6 Å². The van der Waals surface area contributed by atoms with Crippen molar-refractivity contribution in [1.29, 1.82) is 0 Å². The Kier molecular flexibility index (Phi) is 6.74. The van der Waals surface area contributed by atoms with E-state index in [4.69, 9.17) is 10.5 Å². The molecular weight excluding hydrogens is 321 g/mol. The van der Waals surface area contributed by atoms with Gasteiger partial charge in [0, 0.05) is 17.3 Å². The van der Waals surface area contributed by atoms with Crippen LogP contribution in [0.15, 0.2) is 30.3 Å². The number of aromatic nitrogens is 1. The van der Waals surface area contributed by atoms with Crippen LogP contribution in [0.25, 0.3) is 0 Å². The Balaban J connectivity index is 1.99. The van der Waals surface area contributed by atoms with Crippen molar-refractivity contribution in [3.63, 3.8) is 0 Å². The Labute approximate surface area is 147 Å². The summed E-state index contributed by atoms with van der Waals surface area (Å²) in [6, 6.07) is 8.53. The third-order valence-electron chi connectivity index (χ3n) is 3.78. The van der Waals surface area contributed by atoms with Gasteiger partial charge in [0.2, 0.25) is 5.95 Å². The number of hydrogen-bond acceptors (Lipinski definition) is 4. The largest absolute Gasteiger partial charge is 0.494 e. The highest BCUT2D eigenvalue weighted by atomic mass is 19.1. The Morgan fingerprint density at radius 3 is 2.84 bits per heavy atom. The van der Waals surface area contributed by atoms with Crippen LogP contribution >= 0.6 is 0 Å². The van der Waals surface area contributed by atoms with Gasteiger partial charge in [0.25, 0.3) is 5.91 Å². The predicted molar refractivity (Wildman–Crippen MR) is 97.4 cm³/mol.